The van der Waals surface area contributed by atoms with Gasteiger partial charge in [0.05, 0.1) is 22.3 Å². The Morgan fingerprint density at radius 2 is 1.65 bits per heavy atom. The van der Waals surface area contributed by atoms with Crippen LogP contribution in [-0.2, 0) is 21.2 Å². The highest BCUT2D eigenvalue weighted by Crippen LogP contribution is 2.17. The van der Waals surface area contributed by atoms with Crippen LogP contribution in [0.1, 0.15) is 21.5 Å². The summed E-state index contributed by atoms with van der Waals surface area (Å²) in [6.45, 7) is 1.44. The summed E-state index contributed by atoms with van der Waals surface area (Å²) in [5.74, 6) is -0.745. The number of hydrogen-bond donors (Lipinski definition) is 1. The fraction of sp³-hybridized carbons (Fsp3) is 0.250. The fourth-order valence-corrected chi connectivity index (χ4v) is 5.60. The number of carbonyl (C=O) groups excluding carboxylic acids is 2. The minimum absolute atomic E-state index is 0.0898. The van der Waals surface area contributed by atoms with Gasteiger partial charge in [-0.3, -0.25) is 14.5 Å². The number of nitriles is 1. The van der Waals surface area contributed by atoms with E-state index in [0.29, 0.717) is 24.2 Å². The Hall–Kier alpha value is -4.00. The molecular weight excluding hydrogens is 488 g/mol. The largest absolute Gasteiger partial charge is 0.350 e. The first-order valence-corrected chi connectivity index (χ1v) is 13.7. The third kappa shape index (κ3) is 6.61. The summed E-state index contributed by atoms with van der Waals surface area (Å²) in [5.41, 5.74) is 1.62. The Balaban J connectivity index is 1.50. The summed E-state index contributed by atoms with van der Waals surface area (Å²) in [5, 5.41) is 12.1. The van der Waals surface area contributed by atoms with Crippen molar-refractivity contribution in [3.63, 3.8) is 0 Å². The van der Waals surface area contributed by atoms with Gasteiger partial charge in [0, 0.05) is 38.3 Å². The van der Waals surface area contributed by atoms with Gasteiger partial charge in [-0.15, -0.1) is 0 Å². The van der Waals surface area contributed by atoms with Crippen LogP contribution < -0.4 is 5.32 Å². The zero-order valence-electron chi connectivity index (χ0n) is 20.3. The van der Waals surface area contributed by atoms with Crippen LogP contribution in [-0.4, -0.2) is 68.0 Å². The average molecular weight is 517 g/mol. The molecule has 190 valence electrons. The predicted molar refractivity (Wildman–Crippen MR) is 139 cm³/mol. The molecular formula is C28H28N4O4S. The van der Waals surface area contributed by atoms with Crippen molar-refractivity contribution in [2.75, 3.05) is 31.9 Å². The number of amides is 2. The van der Waals surface area contributed by atoms with Gasteiger partial charge in [0.25, 0.3) is 5.91 Å². The number of piperazine rings is 1. The maximum absolute atomic E-state index is 13.4. The second kappa shape index (κ2) is 11.8. The maximum Gasteiger partial charge on any atom is 0.254 e. The first-order chi connectivity index (χ1) is 17.9. The lowest BCUT2D eigenvalue weighted by Gasteiger charge is -2.40. The van der Waals surface area contributed by atoms with E-state index in [1.807, 2.05) is 41.3 Å². The van der Waals surface area contributed by atoms with E-state index in [-0.39, 0.29) is 42.1 Å². The predicted octanol–water partition coefficient (Wildman–Crippen LogP) is 2.47. The van der Waals surface area contributed by atoms with Gasteiger partial charge in [-0.25, -0.2) is 8.42 Å². The second-order valence-electron chi connectivity index (χ2n) is 8.84. The molecule has 4 rings (SSSR count). The first-order valence-electron chi connectivity index (χ1n) is 12.0. The molecule has 2 amide bonds. The molecule has 1 aliphatic rings. The highest BCUT2D eigenvalue weighted by molar-refractivity contribution is 7.91. The van der Waals surface area contributed by atoms with Crippen LogP contribution in [0.15, 0.2) is 89.8 Å². The smallest absolute Gasteiger partial charge is 0.254 e. The second-order valence-corrected chi connectivity index (χ2v) is 11.0. The van der Waals surface area contributed by atoms with Gasteiger partial charge in [-0.05, 0) is 35.9 Å². The van der Waals surface area contributed by atoms with Gasteiger partial charge in [-0.2, -0.15) is 5.26 Å². The first kappa shape index (κ1) is 26.1. The van der Waals surface area contributed by atoms with Gasteiger partial charge in [0.1, 0.15) is 6.04 Å². The Labute approximate surface area is 217 Å². The van der Waals surface area contributed by atoms with Gasteiger partial charge < -0.3 is 10.2 Å². The quantitative estimate of drug-likeness (QED) is 0.493. The number of sulfone groups is 1. The van der Waals surface area contributed by atoms with E-state index in [4.69, 9.17) is 0 Å². The molecule has 0 spiro atoms. The molecule has 3 aromatic rings. The molecule has 0 saturated carbocycles. The Morgan fingerprint density at radius 3 is 2.35 bits per heavy atom. The topological polar surface area (TPSA) is 111 Å². The third-order valence-corrected chi connectivity index (χ3v) is 8.07. The molecule has 0 aliphatic carbocycles. The summed E-state index contributed by atoms with van der Waals surface area (Å²) in [4.78, 5) is 30.4. The Bertz CT molecular complexity index is 1390. The summed E-state index contributed by atoms with van der Waals surface area (Å²) in [6, 6.07) is 25.4. The minimum Gasteiger partial charge on any atom is -0.350 e. The number of benzene rings is 3. The molecule has 9 heteroatoms. The van der Waals surface area contributed by atoms with Gasteiger partial charge in [0.15, 0.2) is 9.84 Å². The van der Waals surface area contributed by atoms with Crippen LogP contribution in [0.4, 0.5) is 0 Å². The van der Waals surface area contributed by atoms with Crippen molar-refractivity contribution in [2.45, 2.75) is 17.5 Å². The summed E-state index contributed by atoms with van der Waals surface area (Å²) in [7, 11) is -3.48. The van der Waals surface area contributed by atoms with Crippen molar-refractivity contribution in [3.8, 4) is 6.07 Å². The van der Waals surface area contributed by atoms with E-state index in [0.717, 1.165) is 5.56 Å². The summed E-state index contributed by atoms with van der Waals surface area (Å²) < 4.78 is 25.5. The van der Waals surface area contributed by atoms with E-state index in [9.17, 15) is 23.3 Å². The molecule has 1 unspecified atom stereocenters. The van der Waals surface area contributed by atoms with E-state index in [2.05, 4.69) is 5.32 Å². The van der Waals surface area contributed by atoms with Gasteiger partial charge in [0.2, 0.25) is 5.91 Å². The van der Waals surface area contributed by atoms with Crippen LogP contribution in [0.3, 0.4) is 0 Å². The molecule has 8 nitrogen and oxygen atoms in total. The molecule has 1 N–H and O–H groups in total. The molecule has 37 heavy (non-hydrogen) atoms. The monoisotopic (exact) mass is 516 g/mol. The van der Waals surface area contributed by atoms with Crippen LogP contribution in [0.25, 0.3) is 0 Å². The fourth-order valence-electron chi connectivity index (χ4n) is 4.30. The van der Waals surface area contributed by atoms with Gasteiger partial charge >= 0.3 is 0 Å². The number of hydrogen-bond acceptors (Lipinski definition) is 6. The number of carbonyl (C=O) groups is 2. The molecule has 0 radical (unpaired) electrons. The molecule has 0 bridgehead atoms. The molecule has 1 atom stereocenters. The lowest BCUT2D eigenvalue weighted by molar-refractivity contribution is -0.127. The maximum atomic E-state index is 13.4. The minimum atomic E-state index is -3.48. The van der Waals surface area contributed by atoms with Crippen LogP contribution in [0.5, 0.6) is 0 Å². The number of nitrogens with zero attached hydrogens (tertiary/aromatic N) is 3. The zero-order chi connectivity index (χ0) is 26.3. The average Bonchev–Trinajstić information content (AvgIpc) is 2.95. The summed E-state index contributed by atoms with van der Waals surface area (Å²) >= 11 is 0. The molecule has 1 aliphatic heterocycles. The van der Waals surface area contributed by atoms with Crippen molar-refractivity contribution in [2.24, 2.45) is 0 Å². The standard InChI is InChI=1S/C28H28N4O4S/c29-19-23-10-7-11-24(18-23)28(34)32-15-14-31(16-17-37(35,36)25-12-5-2-6-13-25)21-26(32)27(33)30-20-22-8-3-1-4-9-22/h1-13,18,26H,14-17,20-21H2,(H,30,33). The lowest BCUT2D eigenvalue weighted by Crippen LogP contribution is -2.61. The van der Waals surface area contributed by atoms with Crippen LogP contribution in [0, 0.1) is 11.3 Å². The van der Waals surface area contributed by atoms with E-state index in [1.54, 1.807) is 48.5 Å². The summed E-state index contributed by atoms with van der Waals surface area (Å²) in [6.07, 6.45) is 0. The van der Waals surface area contributed by atoms with Crippen molar-refractivity contribution in [1.29, 1.82) is 5.26 Å². The highest BCUT2D eigenvalue weighted by atomic mass is 32.2. The SMILES string of the molecule is N#Cc1cccc(C(=O)N2CCN(CCS(=O)(=O)c3ccccc3)CC2C(=O)NCc2ccccc2)c1. The Kier molecular flexibility index (Phi) is 8.33. The lowest BCUT2D eigenvalue weighted by atomic mass is 10.1. The van der Waals surface area contributed by atoms with E-state index >= 15 is 0 Å². The Morgan fingerprint density at radius 1 is 0.946 bits per heavy atom. The van der Waals surface area contributed by atoms with Crippen LogP contribution in [0.2, 0.25) is 0 Å². The number of rotatable bonds is 8. The van der Waals surface area contributed by atoms with E-state index < -0.39 is 15.9 Å². The molecule has 1 saturated heterocycles. The molecule has 0 aromatic heterocycles. The molecule has 1 heterocycles. The van der Waals surface area contributed by atoms with Gasteiger partial charge in [-0.1, -0.05) is 54.6 Å². The van der Waals surface area contributed by atoms with Crippen molar-refractivity contribution in [1.82, 2.24) is 15.1 Å². The van der Waals surface area contributed by atoms with Crippen LogP contribution >= 0.6 is 0 Å². The molecule has 1 fully saturated rings. The van der Waals surface area contributed by atoms with Crippen molar-refractivity contribution >= 4 is 21.7 Å². The third-order valence-electron chi connectivity index (χ3n) is 6.35. The van der Waals surface area contributed by atoms with Crippen molar-refractivity contribution < 1.29 is 18.0 Å². The van der Waals surface area contributed by atoms with E-state index in [1.165, 1.54) is 11.0 Å². The molecule has 3 aromatic carbocycles. The highest BCUT2D eigenvalue weighted by Gasteiger charge is 2.36. The zero-order valence-corrected chi connectivity index (χ0v) is 21.1. The number of nitrogens with one attached hydrogen (secondary N) is 1. The van der Waals surface area contributed by atoms with Crippen molar-refractivity contribution in [3.05, 3.63) is 102 Å². The normalized spacial score (nSPS) is 16.1.